The third-order valence-corrected chi connectivity index (χ3v) is 5.78. The Kier molecular flexibility index (Phi) is 6.96. The van der Waals surface area contributed by atoms with Gasteiger partial charge in [0.25, 0.3) is 5.91 Å². The van der Waals surface area contributed by atoms with Gasteiger partial charge in [0.1, 0.15) is 5.82 Å². The van der Waals surface area contributed by atoms with Crippen LogP contribution in [0.15, 0.2) is 42.5 Å². The summed E-state index contributed by atoms with van der Waals surface area (Å²) in [4.78, 5) is 25.4. The van der Waals surface area contributed by atoms with Crippen molar-refractivity contribution in [3.63, 3.8) is 0 Å². The normalized spacial score (nSPS) is 14.9. The monoisotopic (exact) mass is 421 g/mol. The van der Waals surface area contributed by atoms with Gasteiger partial charge in [-0.15, -0.1) is 0 Å². The maximum Gasteiger partial charge on any atom is 0.255 e. The molecule has 31 heavy (non-hydrogen) atoms. The van der Waals surface area contributed by atoms with Gasteiger partial charge in [-0.05, 0) is 49.0 Å². The second-order valence-corrected chi connectivity index (χ2v) is 7.92. The van der Waals surface area contributed by atoms with Crippen LogP contribution in [0.2, 0.25) is 0 Å². The molecule has 1 aromatic heterocycles. The fraction of sp³-hybridized carbons (Fsp3) is 0.417. The zero-order valence-electron chi connectivity index (χ0n) is 18.4. The van der Waals surface area contributed by atoms with Crippen LogP contribution in [-0.4, -0.2) is 65.1 Å². The predicted octanol–water partition coefficient (Wildman–Crippen LogP) is 3.49. The summed E-state index contributed by atoms with van der Waals surface area (Å²) in [5, 5.41) is 3.00. The van der Waals surface area contributed by atoms with Crippen LogP contribution in [0.25, 0.3) is 11.0 Å². The average Bonchev–Trinajstić information content (AvgIpc) is 3.20. The molecule has 1 amide bonds. The Balaban J connectivity index is 1.40. The van der Waals surface area contributed by atoms with Crippen LogP contribution in [0.4, 0.5) is 5.69 Å². The zero-order chi connectivity index (χ0) is 21.6. The van der Waals surface area contributed by atoms with Gasteiger partial charge in [-0.3, -0.25) is 14.6 Å². The molecule has 0 atom stereocenters. The lowest BCUT2D eigenvalue weighted by molar-refractivity contribution is 0.0332. The van der Waals surface area contributed by atoms with E-state index in [-0.39, 0.29) is 5.91 Å². The van der Waals surface area contributed by atoms with E-state index in [1.165, 1.54) is 5.56 Å². The van der Waals surface area contributed by atoms with E-state index >= 15 is 0 Å². The van der Waals surface area contributed by atoms with Gasteiger partial charge in [0.15, 0.2) is 0 Å². The van der Waals surface area contributed by atoms with Gasteiger partial charge >= 0.3 is 0 Å². The molecule has 4 rings (SSSR count). The summed E-state index contributed by atoms with van der Waals surface area (Å²) in [5.74, 6) is 0.825. The Bertz CT molecular complexity index is 1000. The largest absolute Gasteiger partial charge is 0.379 e. The number of benzene rings is 2. The lowest BCUT2D eigenvalue weighted by atomic mass is 10.1. The Morgan fingerprint density at radius 3 is 2.58 bits per heavy atom. The highest BCUT2D eigenvalue weighted by Crippen LogP contribution is 2.19. The number of nitrogens with one attached hydrogen (secondary N) is 2. The molecule has 2 aromatic carbocycles. The van der Waals surface area contributed by atoms with Crippen molar-refractivity contribution in [3.05, 3.63) is 59.4 Å². The molecule has 1 aliphatic heterocycles. The minimum Gasteiger partial charge on any atom is -0.379 e. The van der Waals surface area contributed by atoms with Crippen LogP contribution in [0.3, 0.4) is 0 Å². The van der Waals surface area contributed by atoms with Gasteiger partial charge in [-0.1, -0.05) is 26.0 Å². The van der Waals surface area contributed by atoms with E-state index in [0.29, 0.717) is 5.56 Å². The fourth-order valence-corrected chi connectivity index (χ4v) is 3.86. The Labute approximate surface area is 183 Å². The van der Waals surface area contributed by atoms with Gasteiger partial charge < -0.3 is 15.0 Å². The van der Waals surface area contributed by atoms with E-state index in [4.69, 9.17) is 4.74 Å². The number of ether oxygens (including phenoxy) is 1. The lowest BCUT2D eigenvalue weighted by Crippen LogP contribution is -2.35. The molecule has 164 valence electrons. The molecule has 2 N–H and O–H groups in total. The molecule has 0 saturated carbocycles. The fourth-order valence-electron chi connectivity index (χ4n) is 3.86. The van der Waals surface area contributed by atoms with Crippen molar-refractivity contribution in [2.24, 2.45) is 0 Å². The molecule has 7 nitrogen and oxygen atoms in total. The van der Waals surface area contributed by atoms with Crippen LogP contribution in [0.1, 0.15) is 35.6 Å². The van der Waals surface area contributed by atoms with Gasteiger partial charge in [-0.2, -0.15) is 0 Å². The van der Waals surface area contributed by atoms with Crippen molar-refractivity contribution in [2.45, 2.75) is 26.9 Å². The predicted molar refractivity (Wildman–Crippen MR) is 123 cm³/mol. The third kappa shape index (κ3) is 5.50. The highest BCUT2D eigenvalue weighted by atomic mass is 16.5. The number of aromatic nitrogens is 2. The highest BCUT2D eigenvalue weighted by Gasteiger charge is 2.14. The number of anilines is 1. The number of morpholine rings is 1. The number of aromatic amines is 1. The Morgan fingerprint density at radius 1 is 1.13 bits per heavy atom. The number of carbonyl (C=O) groups is 1. The van der Waals surface area contributed by atoms with Crippen molar-refractivity contribution >= 4 is 22.6 Å². The molecular formula is C24H31N5O2. The molecular weight excluding hydrogens is 390 g/mol. The van der Waals surface area contributed by atoms with Crippen LogP contribution >= 0.6 is 0 Å². The van der Waals surface area contributed by atoms with Crippen molar-refractivity contribution < 1.29 is 9.53 Å². The molecule has 1 saturated heterocycles. The first-order valence-corrected chi connectivity index (χ1v) is 11.1. The number of rotatable bonds is 8. The van der Waals surface area contributed by atoms with E-state index in [1.807, 2.05) is 42.5 Å². The van der Waals surface area contributed by atoms with E-state index in [9.17, 15) is 4.79 Å². The summed E-state index contributed by atoms with van der Waals surface area (Å²) in [6, 6.07) is 13.6. The maximum absolute atomic E-state index is 12.7. The Hall–Kier alpha value is -2.74. The Morgan fingerprint density at radius 2 is 1.87 bits per heavy atom. The number of nitrogens with zero attached hydrogens (tertiary/aromatic N) is 3. The third-order valence-electron chi connectivity index (χ3n) is 5.78. The highest BCUT2D eigenvalue weighted by molar-refractivity contribution is 6.05. The molecule has 0 unspecified atom stereocenters. The second-order valence-electron chi connectivity index (χ2n) is 7.92. The van der Waals surface area contributed by atoms with Gasteiger partial charge in [0, 0.05) is 30.9 Å². The molecule has 1 fully saturated rings. The molecule has 0 aliphatic carbocycles. The van der Waals surface area contributed by atoms with E-state index in [0.717, 1.165) is 75.0 Å². The first-order valence-electron chi connectivity index (χ1n) is 11.1. The molecule has 3 aromatic rings. The van der Waals surface area contributed by atoms with Crippen molar-refractivity contribution in [1.82, 2.24) is 19.8 Å². The molecule has 2 heterocycles. The van der Waals surface area contributed by atoms with Gasteiger partial charge in [0.05, 0.1) is 30.8 Å². The molecule has 0 radical (unpaired) electrons. The van der Waals surface area contributed by atoms with Gasteiger partial charge in [0.2, 0.25) is 0 Å². The number of fused-ring (bicyclic) bond motifs is 1. The topological polar surface area (TPSA) is 73.5 Å². The van der Waals surface area contributed by atoms with Gasteiger partial charge in [-0.25, -0.2) is 4.98 Å². The quantitative estimate of drug-likeness (QED) is 0.583. The molecule has 7 heteroatoms. The second kappa shape index (κ2) is 10.0. The minimum absolute atomic E-state index is 0.109. The van der Waals surface area contributed by atoms with Crippen molar-refractivity contribution in [1.29, 1.82) is 0 Å². The standard InChI is InChI=1S/C24H31N5O2/c1-3-28(4-2)16-18-5-7-19(8-6-18)24(30)25-20-9-10-21-22(15-20)27-23(26-21)17-29-11-13-31-14-12-29/h5-10,15H,3-4,11-14,16-17H2,1-2H3,(H,25,30)(H,26,27). The van der Waals surface area contributed by atoms with Crippen LogP contribution in [0, 0.1) is 0 Å². The summed E-state index contributed by atoms with van der Waals surface area (Å²) in [6.45, 7) is 11.4. The lowest BCUT2D eigenvalue weighted by Gasteiger charge is -2.25. The van der Waals surface area contributed by atoms with Crippen molar-refractivity contribution in [3.8, 4) is 0 Å². The summed E-state index contributed by atoms with van der Waals surface area (Å²) in [7, 11) is 0. The van der Waals surface area contributed by atoms with E-state index in [2.05, 4.69) is 38.9 Å². The van der Waals surface area contributed by atoms with Crippen LogP contribution in [-0.2, 0) is 17.8 Å². The van der Waals surface area contributed by atoms with E-state index in [1.54, 1.807) is 0 Å². The van der Waals surface area contributed by atoms with Crippen molar-refractivity contribution in [2.75, 3.05) is 44.7 Å². The number of hydrogen-bond acceptors (Lipinski definition) is 5. The number of imidazole rings is 1. The SMILES string of the molecule is CCN(CC)Cc1ccc(C(=O)Nc2ccc3nc(CN4CCOCC4)[nH]c3c2)cc1. The number of H-pyrrole nitrogens is 1. The smallest absolute Gasteiger partial charge is 0.255 e. The van der Waals surface area contributed by atoms with E-state index < -0.39 is 0 Å². The summed E-state index contributed by atoms with van der Waals surface area (Å²) in [6.07, 6.45) is 0. The summed E-state index contributed by atoms with van der Waals surface area (Å²) >= 11 is 0. The van der Waals surface area contributed by atoms with Crippen LogP contribution in [0.5, 0.6) is 0 Å². The average molecular weight is 422 g/mol. The first kappa shape index (κ1) is 21.5. The molecule has 0 spiro atoms. The number of carbonyl (C=O) groups excluding carboxylic acids is 1. The minimum atomic E-state index is -0.109. The summed E-state index contributed by atoms with van der Waals surface area (Å²) < 4.78 is 5.40. The summed E-state index contributed by atoms with van der Waals surface area (Å²) in [5.41, 5.74) is 4.46. The zero-order valence-corrected chi connectivity index (χ0v) is 18.4. The maximum atomic E-state index is 12.7. The van der Waals surface area contributed by atoms with Crippen LogP contribution < -0.4 is 5.32 Å². The number of amides is 1. The molecule has 1 aliphatic rings. The number of hydrogen-bond donors (Lipinski definition) is 2. The first-order chi connectivity index (χ1) is 15.1. The molecule has 0 bridgehead atoms.